The van der Waals surface area contributed by atoms with E-state index in [-0.39, 0.29) is 6.04 Å². The van der Waals surface area contributed by atoms with Gasteiger partial charge in [-0.15, -0.1) is 0 Å². The Morgan fingerprint density at radius 1 is 1.35 bits per heavy atom. The molecule has 0 radical (unpaired) electrons. The minimum atomic E-state index is -4.32. The van der Waals surface area contributed by atoms with E-state index < -0.39 is 11.7 Å². The average Bonchev–Trinajstić information content (AvgIpc) is 2.89. The van der Waals surface area contributed by atoms with Gasteiger partial charge in [0.2, 0.25) is 0 Å². The van der Waals surface area contributed by atoms with Crippen LogP contribution in [0.3, 0.4) is 0 Å². The molecule has 6 heteroatoms. The quantitative estimate of drug-likeness (QED) is 0.902. The first-order valence-corrected chi connectivity index (χ1v) is 6.34. The van der Waals surface area contributed by atoms with Crippen molar-refractivity contribution in [2.24, 2.45) is 0 Å². The number of aromatic nitrogens is 2. The second-order valence-electron chi connectivity index (χ2n) is 4.53. The number of imidazole rings is 1. The van der Waals surface area contributed by atoms with E-state index in [1.54, 1.807) is 19.3 Å². The molecule has 0 bridgehead atoms. The molecule has 0 amide bonds. The summed E-state index contributed by atoms with van der Waals surface area (Å²) in [6, 6.07) is 3.55. The molecule has 2 aromatic rings. The number of nitrogens with one attached hydrogen (secondary N) is 2. The van der Waals surface area contributed by atoms with E-state index in [0.717, 1.165) is 11.6 Å². The first-order valence-electron chi connectivity index (χ1n) is 6.34. The molecule has 0 saturated heterocycles. The van der Waals surface area contributed by atoms with Crippen LogP contribution in [-0.2, 0) is 6.18 Å². The maximum absolute atomic E-state index is 12.7. The summed E-state index contributed by atoms with van der Waals surface area (Å²) < 4.78 is 38.1. The molecule has 1 aromatic carbocycles. The van der Waals surface area contributed by atoms with E-state index in [1.807, 2.05) is 6.92 Å². The van der Waals surface area contributed by atoms with Crippen LogP contribution in [0, 0.1) is 6.92 Å². The number of rotatable bonds is 4. The van der Waals surface area contributed by atoms with E-state index in [2.05, 4.69) is 15.3 Å². The number of nitrogens with zero attached hydrogens (tertiary/aromatic N) is 1. The summed E-state index contributed by atoms with van der Waals surface area (Å²) >= 11 is 0. The maximum Gasteiger partial charge on any atom is 0.416 e. The van der Waals surface area contributed by atoms with E-state index >= 15 is 0 Å². The van der Waals surface area contributed by atoms with Crippen molar-refractivity contribution in [1.29, 1.82) is 0 Å². The summed E-state index contributed by atoms with van der Waals surface area (Å²) in [6.45, 7) is 4.30. The average molecular weight is 283 g/mol. The van der Waals surface area contributed by atoms with Gasteiger partial charge in [0.05, 0.1) is 11.6 Å². The molecule has 3 nitrogen and oxygen atoms in total. The Kier molecular flexibility index (Phi) is 4.13. The lowest BCUT2D eigenvalue weighted by Crippen LogP contribution is -2.24. The SMILES string of the molecule is CCNC(c1ncc[nH]1)c1ccc(C(F)(F)F)cc1C. The van der Waals surface area contributed by atoms with Crippen molar-refractivity contribution in [1.82, 2.24) is 15.3 Å². The Morgan fingerprint density at radius 3 is 2.60 bits per heavy atom. The standard InChI is InChI=1S/C14H16F3N3/c1-3-18-12(13-19-6-7-20-13)11-5-4-10(8-9(11)2)14(15,16)17/h4-8,12,18H,3H2,1-2H3,(H,19,20). The molecule has 1 aromatic heterocycles. The van der Waals surface area contributed by atoms with Crippen molar-refractivity contribution >= 4 is 0 Å². The second kappa shape index (κ2) is 5.66. The molecule has 2 rings (SSSR count). The predicted molar refractivity (Wildman–Crippen MR) is 70.3 cm³/mol. The Balaban J connectivity index is 2.40. The van der Waals surface area contributed by atoms with Crippen molar-refractivity contribution < 1.29 is 13.2 Å². The number of hydrogen-bond acceptors (Lipinski definition) is 2. The molecular formula is C14H16F3N3. The first kappa shape index (κ1) is 14.6. The monoisotopic (exact) mass is 283 g/mol. The van der Waals surface area contributed by atoms with Crippen LogP contribution in [0.5, 0.6) is 0 Å². The van der Waals surface area contributed by atoms with Gasteiger partial charge in [-0.25, -0.2) is 4.98 Å². The molecule has 1 heterocycles. The number of benzene rings is 1. The zero-order valence-corrected chi connectivity index (χ0v) is 11.3. The van der Waals surface area contributed by atoms with Gasteiger partial charge in [-0.3, -0.25) is 0 Å². The van der Waals surface area contributed by atoms with Crippen LogP contribution in [0.25, 0.3) is 0 Å². The third-order valence-corrected chi connectivity index (χ3v) is 3.11. The van der Waals surface area contributed by atoms with Gasteiger partial charge in [0.1, 0.15) is 5.82 Å². The summed E-state index contributed by atoms with van der Waals surface area (Å²) in [4.78, 5) is 7.18. The molecule has 1 atom stereocenters. The van der Waals surface area contributed by atoms with Crippen LogP contribution in [0.2, 0.25) is 0 Å². The highest BCUT2D eigenvalue weighted by Crippen LogP contribution is 2.32. The normalized spacial score (nSPS) is 13.4. The minimum Gasteiger partial charge on any atom is -0.347 e. The summed E-state index contributed by atoms with van der Waals surface area (Å²) in [6.07, 6.45) is -1.00. The molecular weight excluding hydrogens is 267 g/mol. The van der Waals surface area contributed by atoms with Crippen molar-refractivity contribution in [2.75, 3.05) is 6.54 Å². The van der Waals surface area contributed by atoms with Crippen LogP contribution >= 0.6 is 0 Å². The summed E-state index contributed by atoms with van der Waals surface area (Å²) in [5, 5.41) is 3.23. The predicted octanol–water partition coefficient (Wildman–Crippen LogP) is 3.44. The molecule has 0 spiro atoms. The third kappa shape index (κ3) is 3.01. The van der Waals surface area contributed by atoms with Crippen LogP contribution in [0.15, 0.2) is 30.6 Å². The Morgan fingerprint density at radius 2 is 2.10 bits per heavy atom. The highest BCUT2D eigenvalue weighted by atomic mass is 19.4. The smallest absolute Gasteiger partial charge is 0.347 e. The largest absolute Gasteiger partial charge is 0.416 e. The Bertz CT molecular complexity index is 562. The fraction of sp³-hybridized carbons (Fsp3) is 0.357. The molecule has 0 aliphatic heterocycles. The second-order valence-corrected chi connectivity index (χ2v) is 4.53. The van der Waals surface area contributed by atoms with Crippen molar-refractivity contribution in [3.8, 4) is 0 Å². The van der Waals surface area contributed by atoms with Gasteiger partial charge in [0, 0.05) is 12.4 Å². The Labute approximate surface area is 115 Å². The van der Waals surface area contributed by atoms with Gasteiger partial charge in [-0.05, 0) is 36.7 Å². The first-order chi connectivity index (χ1) is 9.43. The van der Waals surface area contributed by atoms with Gasteiger partial charge in [0.15, 0.2) is 0 Å². The van der Waals surface area contributed by atoms with Crippen LogP contribution in [-0.4, -0.2) is 16.5 Å². The lowest BCUT2D eigenvalue weighted by atomic mass is 9.98. The highest BCUT2D eigenvalue weighted by Gasteiger charge is 2.31. The van der Waals surface area contributed by atoms with E-state index in [0.29, 0.717) is 17.9 Å². The van der Waals surface area contributed by atoms with Crippen LogP contribution < -0.4 is 5.32 Å². The number of aryl methyl sites for hydroxylation is 1. The zero-order valence-electron chi connectivity index (χ0n) is 11.3. The van der Waals surface area contributed by atoms with Crippen LogP contribution in [0.4, 0.5) is 13.2 Å². The fourth-order valence-electron chi connectivity index (χ4n) is 2.17. The van der Waals surface area contributed by atoms with Gasteiger partial charge < -0.3 is 10.3 Å². The van der Waals surface area contributed by atoms with E-state index in [1.165, 1.54) is 12.1 Å². The van der Waals surface area contributed by atoms with Crippen LogP contribution in [0.1, 0.15) is 35.5 Å². The van der Waals surface area contributed by atoms with Crippen molar-refractivity contribution in [3.05, 3.63) is 53.1 Å². The molecule has 1 unspecified atom stereocenters. The van der Waals surface area contributed by atoms with Gasteiger partial charge >= 0.3 is 6.18 Å². The van der Waals surface area contributed by atoms with Gasteiger partial charge in [-0.1, -0.05) is 13.0 Å². The summed E-state index contributed by atoms with van der Waals surface area (Å²) in [5.74, 6) is 0.690. The van der Waals surface area contributed by atoms with Crippen molar-refractivity contribution in [3.63, 3.8) is 0 Å². The summed E-state index contributed by atoms with van der Waals surface area (Å²) in [7, 11) is 0. The van der Waals surface area contributed by atoms with E-state index in [4.69, 9.17) is 0 Å². The van der Waals surface area contributed by atoms with Gasteiger partial charge in [0.25, 0.3) is 0 Å². The molecule has 0 aliphatic rings. The zero-order chi connectivity index (χ0) is 14.8. The van der Waals surface area contributed by atoms with Crippen molar-refractivity contribution in [2.45, 2.75) is 26.1 Å². The number of aromatic amines is 1. The number of hydrogen-bond donors (Lipinski definition) is 2. The molecule has 0 aliphatic carbocycles. The molecule has 2 N–H and O–H groups in total. The molecule has 0 saturated carbocycles. The highest BCUT2D eigenvalue weighted by molar-refractivity contribution is 5.37. The Hall–Kier alpha value is -1.82. The third-order valence-electron chi connectivity index (χ3n) is 3.11. The lowest BCUT2D eigenvalue weighted by Gasteiger charge is -2.19. The topological polar surface area (TPSA) is 40.7 Å². The summed E-state index contributed by atoms with van der Waals surface area (Å²) in [5.41, 5.74) is 0.741. The lowest BCUT2D eigenvalue weighted by molar-refractivity contribution is -0.137. The molecule has 0 fully saturated rings. The number of halogens is 3. The van der Waals surface area contributed by atoms with Gasteiger partial charge in [-0.2, -0.15) is 13.2 Å². The number of H-pyrrole nitrogens is 1. The number of alkyl halides is 3. The molecule has 108 valence electrons. The van der Waals surface area contributed by atoms with E-state index in [9.17, 15) is 13.2 Å². The fourth-order valence-corrected chi connectivity index (χ4v) is 2.17. The maximum atomic E-state index is 12.7. The minimum absolute atomic E-state index is 0.239. The molecule has 20 heavy (non-hydrogen) atoms.